The molecule has 1 heterocycles. The van der Waals surface area contributed by atoms with Crippen molar-refractivity contribution in [2.75, 3.05) is 25.5 Å². The number of benzene rings is 2. The van der Waals surface area contributed by atoms with Gasteiger partial charge in [0.1, 0.15) is 23.7 Å². The zero-order valence-electron chi connectivity index (χ0n) is 24.7. The summed E-state index contributed by atoms with van der Waals surface area (Å²) in [7, 11) is 1.62. The summed E-state index contributed by atoms with van der Waals surface area (Å²) in [5.74, 6) is 0.984. The van der Waals surface area contributed by atoms with Crippen LogP contribution in [0.1, 0.15) is 73.2 Å². The third-order valence-corrected chi connectivity index (χ3v) is 7.92. The molecule has 1 aliphatic rings. The Labute approximate surface area is 247 Å². The minimum absolute atomic E-state index is 0.0203. The number of aryl methyl sites for hydroxylation is 1. The highest BCUT2D eigenvalue weighted by atomic mass is 16.5. The van der Waals surface area contributed by atoms with Crippen LogP contribution in [0.25, 0.3) is 11.0 Å². The molecule has 3 aromatic rings. The van der Waals surface area contributed by atoms with Crippen molar-refractivity contribution in [1.29, 1.82) is 5.41 Å². The number of nitrogens with zero attached hydrogens (tertiary/aromatic N) is 1. The second-order valence-electron chi connectivity index (χ2n) is 11.0. The Hall–Kier alpha value is -4.33. The Morgan fingerprint density at radius 3 is 2.60 bits per heavy atom. The van der Waals surface area contributed by atoms with E-state index in [4.69, 9.17) is 19.7 Å². The Balaban J connectivity index is 1.54. The number of hydrogen-bond acceptors (Lipinski definition) is 6. The molecule has 1 saturated carbocycles. The summed E-state index contributed by atoms with van der Waals surface area (Å²) in [6.45, 7) is 4.67. The zero-order valence-corrected chi connectivity index (χ0v) is 24.7. The summed E-state index contributed by atoms with van der Waals surface area (Å²) in [4.78, 5) is 25.1. The Bertz CT molecular complexity index is 1450. The number of carbonyl (C=O) groups is 2. The zero-order chi connectivity index (χ0) is 30.1. The number of carboxylic acid groups (broad SMARTS) is 1. The number of fused-ring (bicyclic) bond motifs is 1. The van der Waals surface area contributed by atoms with E-state index in [0.29, 0.717) is 18.1 Å². The predicted octanol–water partition coefficient (Wildman–Crippen LogP) is 7.55. The van der Waals surface area contributed by atoms with Gasteiger partial charge in [-0.2, -0.15) is 0 Å². The largest absolute Gasteiger partial charge is 0.489 e. The fourth-order valence-electron chi connectivity index (χ4n) is 5.48. The molecule has 0 radical (unpaired) electrons. The van der Waals surface area contributed by atoms with E-state index in [-0.39, 0.29) is 24.9 Å². The molecule has 1 aromatic heterocycles. The predicted molar refractivity (Wildman–Crippen MR) is 167 cm³/mol. The van der Waals surface area contributed by atoms with E-state index in [1.54, 1.807) is 25.3 Å². The van der Waals surface area contributed by atoms with E-state index >= 15 is 0 Å². The number of carboxylic acids is 1. The van der Waals surface area contributed by atoms with Crippen molar-refractivity contribution in [3.63, 3.8) is 0 Å². The maximum atomic E-state index is 12.7. The molecule has 2 aromatic carbocycles. The highest BCUT2D eigenvalue weighted by molar-refractivity contribution is 5.94. The lowest BCUT2D eigenvalue weighted by molar-refractivity contribution is -0.137. The lowest BCUT2D eigenvalue weighted by Gasteiger charge is -2.31. The lowest BCUT2D eigenvalue weighted by Crippen LogP contribution is -2.29. The minimum Gasteiger partial charge on any atom is -0.489 e. The van der Waals surface area contributed by atoms with Crippen LogP contribution in [0, 0.1) is 18.3 Å². The first-order valence-electron chi connectivity index (χ1n) is 14.6. The molecule has 0 bridgehead atoms. The van der Waals surface area contributed by atoms with E-state index in [1.165, 1.54) is 30.4 Å². The summed E-state index contributed by atoms with van der Waals surface area (Å²) in [5, 5.41) is 20.8. The van der Waals surface area contributed by atoms with E-state index in [1.807, 2.05) is 49.4 Å². The normalized spacial score (nSPS) is 15.1. The molecular weight excluding hydrogens is 530 g/mol. The number of carbonyl (C=O) groups excluding carboxylic acids is 1. The molecule has 0 spiro atoms. The molecule has 4 rings (SSSR count). The molecule has 0 saturated heterocycles. The number of allylic oxidation sites excluding steroid dienone is 3. The number of hydrogen-bond donors (Lipinski definition) is 3. The van der Waals surface area contributed by atoms with Gasteiger partial charge in [0.25, 0.3) is 5.91 Å². The van der Waals surface area contributed by atoms with Crippen LogP contribution in [-0.2, 0) is 4.79 Å². The number of rotatable bonds is 13. The number of furan rings is 1. The molecule has 8 heteroatoms. The molecular formula is C34H41N3O5. The van der Waals surface area contributed by atoms with Crippen molar-refractivity contribution in [1.82, 2.24) is 4.90 Å². The Morgan fingerprint density at radius 1 is 1.17 bits per heavy atom. The summed E-state index contributed by atoms with van der Waals surface area (Å²) in [5.41, 5.74) is 4.36. The van der Waals surface area contributed by atoms with Gasteiger partial charge in [-0.05, 0) is 87.2 Å². The van der Waals surface area contributed by atoms with Crippen LogP contribution in [-0.4, -0.2) is 48.3 Å². The van der Waals surface area contributed by atoms with Gasteiger partial charge >= 0.3 is 5.97 Å². The van der Waals surface area contributed by atoms with Crippen molar-refractivity contribution in [3.8, 4) is 5.75 Å². The molecule has 8 nitrogen and oxygen atoms in total. The highest BCUT2D eigenvalue weighted by Crippen LogP contribution is 2.41. The van der Waals surface area contributed by atoms with Gasteiger partial charge in [-0.25, -0.2) is 0 Å². The van der Waals surface area contributed by atoms with Crippen molar-refractivity contribution < 1.29 is 23.8 Å². The van der Waals surface area contributed by atoms with E-state index in [0.717, 1.165) is 52.1 Å². The first-order chi connectivity index (χ1) is 20.3. The van der Waals surface area contributed by atoms with Crippen molar-refractivity contribution in [3.05, 3.63) is 83.2 Å². The second kappa shape index (κ2) is 14.5. The summed E-state index contributed by atoms with van der Waals surface area (Å²) >= 11 is 0. The first-order valence-corrected chi connectivity index (χ1v) is 14.6. The van der Waals surface area contributed by atoms with Gasteiger partial charge in [-0.1, -0.05) is 30.9 Å². The SMILES string of the molecule is CC(/C=C\C=N)=C/COc1ccc2oc(C(Nc3ccc(C(=O)N(C)CCC(=O)O)cc3)C3CCCCC3)c(C)c2c1. The molecule has 222 valence electrons. The van der Waals surface area contributed by atoms with Gasteiger partial charge in [-0.15, -0.1) is 0 Å². The molecule has 42 heavy (non-hydrogen) atoms. The number of ether oxygens (including phenoxy) is 1. The summed E-state index contributed by atoms with van der Waals surface area (Å²) in [6.07, 6.45) is 12.6. The van der Waals surface area contributed by atoms with Crippen LogP contribution in [0.2, 0.25) is 0 Å². The first kappa shape index (κ1) is 30.6. The van der Waals surface area contributed by atoms with Crippen molar-refractivity contribution in [2.24, 2.45) is 5.92 Å². The average molecular weight is 572 g/mol. The molecule has 1 aliphatic carbocycles. The standard InChI is InChI=1S/C34H41N3O5/c1-23(8-7-19-35)18-21-41-28-15-16-30-29(22-28)24(2)33(42-30)32(25-9-5-4-6-10-25)36-27-13-11-26(12-14-27)34(40)37(3)20-17-31(38)39/h7-8,11-16,18-19,22,25,32,35-36H,4-6,9-10,17,20-21H2,1-3H3,(H,38,39)/b8-7-,23-18-,35-19?. The molecule has 0 aliphatic heterocycles. The van der Waals surface area contributed by atoms with Gasteiger partial charge in [-0.3, -0.25) is 9.59 Å². The second-order valence-corrected chi connectivity index (χ2v) is 11.0. The molecule has 1 atom stereocenters. The number of anilines is 1. The summed E-state index contributed by atoms with van der Waals surface area (Å²) in [6, 6.07) is 13.3. The topological polar surface area (TPSA) is 116 Å². The quantitative estimate of drug-likeness (QED) is 0.144. The van der Waals surface area contributed by atoms with Crippen LogP contribution in [0.15, 0.2) is 70.7 Å². The Kier molecular flexibility index (Phi) is 10.6. The monoisotopic (exact) mass is 571 g/mol. The van der Waals surface area contributed by atoms with Crippen LogP contribution in [0.3, 0.4) is 0 Å². The van der Waals surface area contributed by atoms with E-state index in [2.05, 4.69) is 12.2 Å². The number of aliphatic carboxylic acids is 1. The molecule has 1 amide bonds. The highest BCUT2D eigenvalue weighted by Gasteiger charge is 2.30. The smallest absolute Gasteiger partial charge is 0.305 e. The molecule has 1 fully saturated rings. The van der Waals surface area contributed by atoms with Crippen LogP contribution in [0.4, 0.5) is 5.69 Å². The fraction of sp³-hybridized carbons (Fsp3) is 0.382. The minimum atomic E-state index is -0.927. The van der Waals surface area contributed by atoms with Crippen molar-refractivity contribution in [2.45, 2.75) is 58.4 Å². The van der Waals surface area contributed by atoms with Gasteiger partial charge in [0.05, 0.1) is 12.5 Å². The maximum Gasteiger partial charge on any atom is 0.305 e. The fourth-order valence-corrected chi connectivity index (χ4v) is 5.48. The number of amides is 1. The van der Waals surface area contributed by atoms with Crippen molar-refractivity contribution >= 4 is 34.7 Å². The molecule has 3 N–H and O–H groups in total. The molecule has 1 unspecified atom stereocenters. The van der Waals surface area contributed by atoms with Crippen LogP contribution < -0.4 is 10.1 Å². The van der Waals surface area contributed by atoms with Gasteiger partial charge in [0.15, 0.2) is 0 Å². The summed E-state index contributed by atoms with van der Waals surface area (Å²) < 4.78 is 12.5. The lowest BCUT2D eigenvalue weighted by atomic mass is 9.82. The third kappa shape index (κ3) is 7.90. The van der Waals surface area contributed by atoms with Gasteiger partial charge in [0, 0.05) is 42.0 Å². The van der Waals surface area contributed by atoms with Gasteiger partial charge in [0.2, 0.25) is 0 Å². The van der Waals surface area contributed by atoms with E-state index in [9.17, 15) is 9.59 Å². The third-order valence-electron chi connectivity index (χ3n) is 7.92. The van der Waals surface area contributed by atoms with Gasteiger partial charge < -0.3 is 29.9 Å². The van der Waals surface area contributed by atoms with Crippen LogP contribution in [0.5, 0.6) is 5.75 Å². The van der Waals surface area contributed by atoms with Crippen LogP contribution >= 0.6 is 0 Å². The maximum absolute atomic E-state index is 12.7. The van der Waals surface area contributed by atoms with E-state index < -0.39 is 5.97 Å². The average Bonchev–Trinajstić information content (AvgIpc) is 3.33. The Morgan fingerprint density at radius 2 is 1.90 bits per heavy atom. The number of nitrogens with one attached hydrogen (secondary N) is 2.